The first-order chi connectivity index (χ1) is 17.6. The van der Waals surface area contributed by atoms with Crippen LogP contribution in [-0.2, 0) is 4.74 Å². The van der Waals surface area contributed by atoms with Gasteiger partial charge in [-0.3, -0.25) is 0 Å². The monoisotopic (exact) mass is 500 g/mol. The Morgan fingerprint density at radius 1 is 0.667 bits per heavy atom. The Morgan fingerprint density at radius 3 is 1.81 bits per heavy atom. The van der Waals surface area contributed by atoms with Gasteiger partial charge in [-0.05, 0) is 105 Å². The van der Waals surface area contributed by atoms with Crippen molar-refractivity contribution in [1.29, 1.82) is 0 Å². The van der Waals surface area contributed by atoms with Crippen molar-refractivity contribution in [1.82, 2.24) is 0 Å². The molecule has 202 valence electrons. The van der Waals surface area contributed by atoms with Crippen LogP contribution in [-0.4, -0.2) is 12.7 Å². The lowest BCUT2D eigenvalue weighted by atomic mass is 9.76. The molecule has 36 heavy (non-hydrogen) atoms. The summed E-state index contributed by atoms with van der Waals surface area (Å²) in [5.41, 5.74) is 1.22. The minimum absolute atomic E-state index is 0.118. The van der Waals surface area contributed by atoms with E-state index in [1.54, 1.807) is 0 Å². The van der Waals surface area contributed by atoms with E-state index >= 15 is 8.78 Å². The van der Waals surface area contributed by atoms with Crippen LogP contribution >= 0.6 is 0 Å². The molecule has 2 unspecified atom stereocenters. The standard InChI is InChI=1S/C33H50F2O/c1-3-5-6-8-25-13-15-27(16-14-25)30-21-22-31(33(35)32(30)34)28-17-19-29(20-18-28)36-23-26-11-9-24(7-4-2)10-12-26/h9,11,21-22,24-29H,3-8,10,12-20,23H2,1-2H3. The lowest BCUT2D eigenvalue weighted by Gasteiger charge is -2.32. The molecule has 0 bridgehead atoms. The zero-order valence-corrected chi connectivity index (χ0v) is 23.0. The van der Waals surface area contributed by atoms with E-state index in [-0.39, 0.29) is 17.9 Å². The van der Waals surface area contributed by atoms with Crippen molar-refractivity contribution in [3.05, 3.63) is 47.0 Å². The summed E-state index contributed by atoms with van der Waals surface area (Å²) in [6, 6.07) is 3.83. The molecule has 0 radical (unpaired) electrons. The Hall–Kier alpha value is -1.22. The van der Waals surface area contributed by atoms with Gasteiger partial charge in [0, 0.05) is 5.92 Å². The quantitative estimate of drug-likeness (QED) is 0.217. The largest absolute Gasteiger partial charge is 0.378 e. The van der Waals surface area contributed by atoms with Crippen LogP contribution in [0.4, 0.5) is 8.78 Å². The lowest BCUT2D eigenvalue weighted by Crippen LogP contribution is -2.24. The summed E-state index contributed by atoms with van der Waals surface area (Å²) in [7, 11) is 0. The molecule has 0 spiro atoms. The van der Waals surface area contributed by atoms with Crippen molar-refractivity contribution in [3.8, 4) is 0 Å². The molecule has 0 amide bonds. The molecule has 0 aromatic heterocycles. The summed E-state index contributed by atoms with van der Waals surface area (Å²) in [4.78, 5) is 0. The summed E-state index contributed by atoms with van der Waals surface area (Å²) in [5, 5.41) is 0. The minimum atomic E-state index is -0.573. The van der Waals surface area contributed by atoms with Gasteiger partial charge < -0.3 is 4.74 Å². The second-order valence-corrected chi connectivity index (χ2v) is 12.2. The summed E-state index contributed by atoms with van der Waals surface area (Å²) in [5.74, 6) is 1.25. The molecule has 0 N–H and O–H groups in total. The highest BCUT2D eigenvalue weighted by Crippen LogP contribution is 2.42. The number of rotatable bonds is 11. The van der Waals surface area contributed by atoms with Gasteiger partial charge in [0.25, 0.3) is 0 Å². The maximum absolute atomic E-state index is 15.2. The molecule has 2 atom stereocenters. The number of unbranched alkanes of at least 4 members (excludes halogenated alkanes) is 2. The van der Waals surface area contributed by atoms with E-state index in [0.29, 0.717) is 17.0 Å². The molecular weight excluding hydrogens is 450 g/mol. The third-order valence-corrected chi connectivity index (χ3v) is 9.53. The average molecular weight is 501 g/mol. The smallest absolute Gasteiger partial charge is 0.162 e. The second-order valence-electron chi connectivity index (χ2n) is 12.2. The number of benzene rings is 1. The Morgan fingerprint density at radius 2 is 1.25 bits per heavy atom. The molecule has 2 fully saturated rings. The van der Waals surface area contributed by atoms with Crippen LogP contribution in [0.25, 0.3) is 0 Å². The third-order valence-electron chi connectivity index (χ3n) is 9.53. The van der Waals surface area contributed by atoms with Gasteiger partial charge >= 0.3 is 0 Å². The van der Waals surface area contributed by atoms with Gasteiger partial charge in [0.2, 0.25) is 0 Å². The van der Waals surface area contributed by atoms with E-state index in [1.807, 2.05) is 12.1 Å². The second kappa shape index (κ2) is 14.1. The molecule has 0 heterocycles. The number of halogens is 2. The van der Waals surface area contributed by atoms with Crippen LogP contribution in [0.2, 0.25) is 0 Å². The van der Waals surface area contributed by atoms with E-state index in [1.165, 1.54) is 51.4 Å². The summed E-state index contributed by atoms with van der Waals surface area (Å²) < 4.78 is 36.7. The highest BCUT2D eigenvalue weighted by Gasteiger charge is 2.30. The molecule has 0 saturated heterocycles. The van der Waals surface area contributed by atoms with Crippen LogP contribution in [0, 0.1) is 29.4 Å². The zero-order chi connectivity index (χ0) is 25.3. The molecule has 4 rings (SSSR count). The zero-order valence-electron chi connectivity index (χ0n) is 23.0. The van der Waals surface area contributed by atoms with E-state index in [9.17, 15) is 0 Å². The summed E-state index contributed by atoms with van der Waals surface area (Å²) in [6.45, 7) is 5.31. The van der Waals surface area contributed by atoms with Crippen LogP contribution in [0.3, 0.4) is 0 Å². The molecule has 3 aliphatic carbocycles. The van der Waals surface area contributed by atoms with Crippen LogP contribution in [0.1, 0.15) is 140 Å². The minimum Gasteiger partial charge on any atom is -0.378 e. The topological polar surface area (TPSA) is 9.23 Å². The van der Waals surface area contributed by atoms with Gasteiger partial charge in [0.1, 0.15) is 0 Å². The molecule has 1 nitrogen and oxygen atoms in total. The van der Waals surface area contributed by atoms with Gasteiger partial charge in [-0.15, -0.1) is 0 Å². The fourth-order valence-corrected chi connectivity index (χ4v) is 7.14. The number of hydrogen-bond donors (Lipinski definition) is 0. The van der Waals surface area contributed by atoms with Crippen LogP contribution in [0.5, 0.6) is 0 Å². The average Bonchev–Trinajstić information content (AvgIpc) is 2.91. The first-order valence-electron chi connectivity index (χ1n) is 15.4. The van der Waals surface area contributed by atoms with E-state index in [2.05, 4.69) is 26.0 Å². The van der Waals surface area contributed by atoms with Gasteiger partial charge in [-0.2, -0.15) is 0 Å². The van der Waals surface area contributed by atoms with Gasteiger partial charge in [-0.25, -0.2) is 8.78 Å². The van der Waals surface area contributed by atoms with E-state index < -0.39 is 11.6 Å². The highest BCUT2D eigenvalue weighted by atomic mass is 19.2. The van der Waals surface area contributed by atoms with Crippen molar-refractivity contribution in [3.63, 3.8) is 0 Å². The van der Waals surface area contributed by atoms with Crippen molar-refractivity contribution in [2.45, 2.75) is 135 Å². The molecule has 3 heteroatoms. The maximum Gasteiger partial charge on any atom is 0.162 e. The molecular formula is C33H50F2O. The van der Waals surface area contributed by atoms with Gasteiger partial charge in [0.15, 0.2) is 11.6 Å². The normalized spacial score (nSPS) is 31.0. The Balaban J connectivity index is 1.23. The molecule has 2 saturated carbocycles. The van der Waals surface area contributed by atoms with E-state index in [0.717, 1.165) is 69.8 Å². The van der Waals surface area contributed by atoms with Crippen LogP contribution in [0.15, 0.2) is 24.3 Å². The molecule has 3 aliphatic rings. The Bertz CT molecular complexity index is 817. The van der Waals surface area contributed by atoms with Gasteiger partial charge in [-0.1, -0.05) is 70.2 Å². The van der Waals surface area contributed by atoms with Crippen molar-refractivity contribution >= 4 is 0 Å². The SMILES string of the molecule is CCCCCC1CCC(c2ccc(C3CCC(OCC4C=CC(CCC)CC4)CC3)c(F)c2F)CC1. The van der Waals surface area contributed by atoms with E-state index in [4.69, 9.17) is 4.74 Å². The third kappa shape index (κ3) is 7.42. The predicted molar refractivity (Wildman–Crippen MR) is 146 cm³/mol. The maximum atomic E-state index is 15.2. The Labute approximate surface area is 219 Å². The first-order valence-corrected chi connectivity index (χ1v) is 15.4. The Kier molecular flexibility index (Phi) is 10.9. The van der Waals surface area contributed by atoms with Crippen molar-refractivity contribution < 1.29 is 13.5 Å². The fraction of sp³-hybridized carbons (Fsp3) is 0.758. The number of ether oxygens (including phenoxy) is 1. The fourth-order valence-electron chi connectivity index (χ4n) is 7.14. The first kappa shape index (κ1) is 27.8. The summed E-state index contributed by atoms with van der Waals surface area (Å²) >= 11 is 0. The predicted octanol–water partition coefficient (Wildman–Crippen LogP) is 10.2. The lowest BCUT2D eigenvalue weighted by molar-refractivity contribution is 0.00903. The highest BCUT2D eigenvalue weighted by molar-refractivity contribution is 5.32. The van der Waals surface area contributed by atoms with Crippen molar-refractivity contribution in [2.24, 2.45) is 17.8 Å². The van der Waals surface area contributed by atoms with Crippen molar-refractivity contribution in [2.75, 3.05) is 6.61 Å². The van der Waals surface area contributed by atoms with Crippen LogP contribution < -0.4 is 0 Å². The molecule has 1 aromatic carbocycles. The molecule has 1 aromatic rings. The molecule has 0 aliphatic heterocycles. The number of hydrogen-bond acceptors (Lipinski definition) is 1. The van der Waals surface area contributed by atoms with Gasteiger partial charge in [0.05, 0.1) is 12.7 Å². The summed E-state index contributed by atoms with van der Waals surface area (Å²) in [6.07, 6.45) is 23.3. The number of allylic oxidation sites excluding steroid dienone is 1.